The molecular formula is C17H27N3O3S. The molecule has 1 fully saturated rings. The molecule has 0 saturated heterocycles. The van der Waals surface area contributed by atoms with Gasteiger partial charge in [0.05, 0.1) is 4.90 Å². The Morgan fingerprint density at radius 3 is 2.54 bits per heavy atom. The second kappa shape index (κ2) is 9.03. The number of nitrogens with zero attached hydrogens (tertiary/aromatic N) is 1. The highest BCUT2D eigenvalue weighted by Gasteiger charge is 2.20. The van der Waals surface area contributed by atoms with Crippen LogP contribution in [-0.2, 0) is 21.1 Å². The third-order valence-corrected chi connectivity index (χ3v) is 4.97. The fourth-order valence-electron chi connectivity index (χ4n) is 2.18. The molecule has 0 spiro atoms. The lowest BCUT2D eigenvalue weighted by atomic mass is 10.2. The molecule has 0 amide bonds. The van der Waals surface area contributed by atoms with Gasteiger partial charge in [-0.05, 0) is 42.9 Å². The SMILES string of the molecule is CN=C(NCCCOCC1CC1)NCc1ccc(S(C)(=O)=O)cc1. The van der Waals surface area contributed by atoms with Crippen molar-refractivity contribution in [2.45, 2.75) is 30.7 Å². The predicted molar refractivity (Wildman–Crippen MR) is 95.9 cm³/mol. The molecule has 1 saturated carbocycles. The van der Waals surface area contributed by atoms with Crippen molar-refractivity contribution in [1.82, 2.24) is 10.6 Å². The summed E-state index contributed by atoms with van der Waals surface area (Å²) >= 11 is 0. The van der Waals surface area contributed by atoms with Gasteiger partial charge in [0.15, 0.2) is 15.8 Å². The summed E-state index contributed by atoms with van der Waals surface area (Å²) in [6.07, 6.45) is 4.79. The molecule has 6 nitrogen and oxygen atoms in total. The number of benzene rings is 1. The van der Waals surface area contributed by atoms with E-state index in [1.807, 2.05) is 12.1 Å². The maximum Gasteiger partial charge on any atom is 0.191 e. The Morgan fingerprint density at radius 2 is 1.96 bits per heavy atom. The van der Waals surface area contributed by atoms with E-state index in [1.165, 1.54) is 19.1 Å². The Labute approximate surface area is 144 Å². The molecule has 1 aliphatic carbocycles. The van der Waals surface area contributed by atoms with Crippen LogP contribution in [0, 0.1) is 5.92 Å². The van der Waals surface area contributed by atoms with Crippen molar-refractivity contribution in [3.8, 4) is 0 Å². The molecule has 1 aromatic rings. The van der Waals surface area contributed by atoms with E-state index in [0.29, 0.717) is 11.4 Å². The molecule has 1 aliphatic rings. The van der Waals surface area contributed by atoms with E-state index in [2.05, 4.69) is 15.6 Å². The van der Waals surface area contributed by atoms with Gasteiger partial charge in [0, 0.05) is 39.6 Å². The van der Waals surface area contributed by atoms with Crippen molar-refractivity contribution in [1.29, 1.82) is 0 Å². The highest BCUT2D eigenvalue weighted by atomic mass is 32.2. The van der Waals surface area contributed by atoms with E-state index in [-0.39, 0.29) is 0 Å². The summed E-state index contributed by atoms with van der Waals surface area (Å²) in [5.41, 5.74) is 0.998. The fraction of sp³-hybridized carbons (Fsp3) is 0.588. The van der Waals surface area contributed by atoms with Crippen LogP contribution in [0.25, 0.3) is 0 Å². The molecule has 0 atom stereocenters. The smallest absolute Gasteiger partial charge is 0.191 e. The number of aliphatic imine (C=N–C) groups is 1. The van der Waals surface area contributed by atoms with Gasteiger partial charge in [-0.3, -0.25) is 4.99 Å². The molecule has 2 N–H and O–H groups in total. The number of rotatable bonds is 9. The Hall–Kier alpha value is -1.60. The van der Waals surface area contributed by atoms with E-state index in [9.17, 15) is 8.42 Å². The highest BCUT2D eigenvalue weighted by molar-refractivity contribution is 7.90. The topological polar surface area (TPSA) is 79.8 Å². The van der Waals surface area contributed by atoms with Crippen molar-refractivity contribution in [3.63, 3.8) is 0 Å². The van der Waals surface area contributed by atoms with Crippen molar-refractivity contribution in [3.05, 3.63) is 29.8 Å². The molecule has 0 heterocycles. The van der Waals surface area contributed by atoms with Crippen molar-refractivity contribution in [2.75, 3.05) is 33.1 Å². The number of nitrogens with one attached hydrogen (secondary N) is 2. The van der Waals surface area contributed by atoms with Gasteiger partial charge in [-0.1, -0.05) is 12.1 Å². The third kappa shape index (κ3) is 6.88. The molecule has 0 aliphatic heterocycles. The minimum atomic E-state index is -3.15. The fourth-order valence-corrected chi connectivity index (χ4v) is 2.81. The lowest BCUT2D eigenvalue weighted by Gasteiger charge is -2.12. The molecule has 0 unspecified atom stereocenters. The van der Waals surface area contributed by atoms with Crippen LogP contribution in [-0.4, -0.2) is 47.4 Å². The minimum absolute atomic E-state index is 0.333. The maximum atomic E-state index is 11.4. The zero-order valence-corrected chi connectivity index (χ0v) is 15.2. The Bertz CT molecular complexity index is 638. The van der Waals surface area contributed by atoms with Gasteiger partial charge in [-0.15, -0.1) is 0 Å². The standard InChI is InChI=1S/C17H27N3O3S/c1-18-17(19-10-3-11-23-13-15-4-5-15)20-12-14-6-8-16(9-7-14)24(2,21)22/h6-9,15H,3-5,10-13H2,1-2H3,(H2,18,19,20). The largest absolute Gasteiger partial charge is 0.381 e. The number of hydrogen-bond acceptors (Lipinski definition) is 4. The zero-order valence-electron chi connectivity index (χ0n) is 14.4. The summed E-state index contributed by atoms with van der Waals surface area (Å²) in [4.78, 5) is 4.51. The highest BCUT2D eigenvalue weighted by Crippen LogP contribution is 2.28. The average Bonchev–Trinajstić information content (AvgIpc) is 3.37. The van der Waals surface area contributed by atoms with Gasteiger partial charge in [0.25, 0.3) is 0 Å². The van der Waals surface area contributed by atoms with Crippen LogP contribution in [0.15, 0.2) is 34.2 Å². The lowest BCUT2D eigenvalue weighted by molar-refractivity contribution is 0.123. The van der Waals surface area contributed by atoms with Crippen LogP contribution in [0.2, 0.25) is 0 Å². The number of guanidine groups is 1. The molecule has 7 heteroatoms. The van der Waals surface area contributed by atoms with E-state index >= 15 is 0 Å². The summed E-state index contributed by atoms with van der Waals surface area (Å²) in [6.45, 7) is 3.06. The van der Waals surface area contributed by atoms with E-state index < -0.39 is 9.84 Å². The van der Waals surface area contributed by atoms with Gasteiger partial charge >= 0.3 is 0 Å². The second-order valence-electron chi connectivity index (χ2n) is 6.14. The van der Waals surface area contributed by atoms with Gasteiger partial charge < -0.3 is 15.4 Å². The second-order valence-corrected chi connectivity index (χ2v) is 8.16. The monoisotopic (exact) mass is 353 g/mol. The molecule has 0 bridgehead atoms. The molecule has 2 rings (SSSR count). The molecule has 24 heavy (non-hydrogen) atoms. The lowest BCUT2D eigenvalue weighted by Crippen LogP contribution is -2.37. The molecule has 1 aromatic carbocycles. The first-order valence-electron chi connectivity index (χ1n) is 8.30. The summed E-state index contributed by atoms with van der Waals surface area (Å²) in [7, 11) is -1.42. The number of ether oxygens (including phenoxy) is 1. The molecule has 0 aromatic heterocycles. The van der Waals surface area contributed by atoms with E-state index in [1.54, 1.807) is 19.2 Å². The van der Waals surface area contributed by atoms with Crippen molar-refractivity contribution in [2.24, 2.45) is 10.9 Å². The summed E-state index contributed by atoms with van der Waals surface area (Å²) in [5, 5.41) is 6.45. The predicted octanol–water partition coefficient (Wildman–Crippen LogP) is 1.57. The number of sulfone groups is 1. The Kier molecular flexibility index (Phi) is 7.05. The summed E-state index contributed by atoms with van der Waals surface area (Å²) < 4.78 is 28.5. The molecular weight excluding hydrogens is 326 g/mol. The summed E-state index contributed by atoms with van der Waals surface area (Å²) in [6, 6.07) is 6.87. The van der Waals surface area contributed by atoms with Gasteiger partial charge in [0.2, 0.25) is 0 Å². The zero-order chi connectivity index (χ0) is 17.4. The van der Waals surface area contributed by atoms with Crippen LogP contribution < -0.4 is 10.6 Å². The van der Waals surface area contributed by atoms with Crippen LogP contribution >= 0.6 is 0 Å². The first kappa shape index (κ1) is 18.7. The van der Waals surface area contributed by atoms with Gasteiger partial charge in [-0.25, -0.2) is 8.42 Å². The van der Waals surface area contributed by atoms with Gasteiger partial charge in [-0.2, -0.15) is 0 Å². The first-order chi connectivity index (χ1) is 11.5. The maximum absolute atomic E-state index is 11.4. The Morgan fingerprint density at radius 1 is 1.25 bits per heavy atom. The average molecular weight is 353 g/mol. The van der Waals surface area contributed by atoms with E-state index in [0.717, 1.165) is 43.6 Å². The van der Waals surface area contributed by atoms with Crippen molar-refractivity contribution >= 4 is 15.8 Å². The third-order valence-electron chi connectivity index (χ3n) is 3.84. The van der Waals surface area contributed by atoms with E-state index in [4.69, 9.17) is 4.74 Å². The van der Waals surface area contributed by atoms with Crippen LogP contribution in [0.5, 0.6) is 0 Å². The van der Waals surface area contributed by atoms with Crippen LogP contribution in [0.4, 0.5) is 0 Å². The normalized spacial score (nSPS) is 15.3. The molecule has 0 radical (unpaired) electrons. The van der Waals surface area contributed by atoms with Crippen LogP contribution in [0.3, 0.4) is 0 Å². The van der Waals surface area contributed by atoms with Crippen molar-refractivity contribution < 1.29 is 13.2 Å². The minimum Gasteiger partial charge on any atom is -0.381 e. The Balaban J connectivity index is 1.65. The summed E-state index contributed by atoms with van der Waals surface area (Å²) in [5.74, 6) is 1.53. The first-order valence-corrected chi connectivity index (χ1v) is 10.2. The number of hydrogen-bond donors (Lipinski definition) is 2. The molecule has 134 valence electrons. The van der Waals surface area contributed by atoms with Gasteiger partial charge in [0.1, 0.15) is 0 Å². The quantitative estimate of drug-likeness (QED) is 0.400. The van der Waals surface area contributed by atoms with Crippen LogP contribution in [0.1, 0.15) is 24.8 Å².